The number of benzene rings is 2. The minimum Gasteiger partial charge on any atom is -0.325 e. The van der Waals surface area contributed by atoms with Crippen LogP contribution in [0, 0.1) is 16.2 Å². The molecule has 6 heteroatoms. The molecule has 0 spiro atoms. The Hall–Kier alpha value is -1.98. The molecule has 2 saturated carbocycles. The minimum atomic E-state index is -0.883. The van der Waals surface area contributed by atoms with Gasteiger partial charge in [-0.05, 0) is 36.5 Å². The third-order valence-corrected chi connectivity index (χ3v) is 9.07. The second kappa shape index (κ2) is 7.03. The molecule has 1 N–H and O–H groups in total. The fourth-order valence-electron chi connectivity index (χ4n) is 5.25. The Balaban J connectivity index is 1.73. The van der Waals surface area contributed by atoms with E-state index in [4.69, 9.17) is 11.6 Å². The van der Waals surface area contributed by atoms with Crippen LogP contribution in [0.4, 0.5) is 5.69 Å². The molecule has 4 rings (SSSR count). The minimum absolute atomic E-state index is 0.0746. The van der Waals surface area contributed by atoms with E-state index in [-0.39, 0.29) is 17.5 Å². The van der Waals surface area contributed by atoms with E-state index in [9.17, 15) is 14.4 Å². The summed E-state index contributed by atoms with van der Waals surface area (Å²) in [6, 6.07) is 13.7. The molecule has 0 aromatic heterocycles. The first kappa shape index (κ1) is 21.3. The summed E-state index contributed by atoms with van der Waals surface area (Å²) in [5, 5.41) is 3.38. The molecular formula is C24H23BrClNO3. The predicted octanol–water partition coefficient (Wildman–Crippen LogP) is 5.67. The van der Waals surface area contributed by atoms with Crippen LogP contribution in [0.1, 0.15) is 49.5 Å². The molecule has 2 aromatic carbocycles. The topological polar surface area (TPSA) is 63.2 Å². The van der Waals surface area contributed by atoms with Crippen LogP contribution in [0.5, 0.6) is 0 Å². The highest BCUT2D eigenvalue weighted by atomic mass is 79.9. The van der Waals surface area contributed by atoms with Crippen molar-refractivity contribution in [3.8, 4) is 0 Å². The first-order valence-corrected chi connectivity index (χ1v) is 11.2. The fraction of sp³-hybridized carbons (Fsp3) is 0.375. The zero-order valence-corrected chi connectivity index (χ0v) is 19.4. The summed E-state index contributed by atoms with van der Waals surface area (Å²) in [5.41, 5.74) is -0.724. The molecule has 0 aliphatic heterocycles. The number of rotatable bonds is 4. The van der Waals surface area contributed by atoms with Gasteiger partial charge in [-0.15, -0.1) is 0 Å². The molecule has 0 radical (unpaired) electrons. The van der Waals surface area contributed by atoms with Gasteiger partial charge in [-0.25, -0.2) is 0 Å². The third kappa shape index (κ3) is 2.68. The maximum atomic E-state index is 13.7. The van der Waals surface area contributed by atoms with E-state index in [0.29, 0.717) is 34.7 Å². The Labute approximate surface area is 189 Å². The summed E-state index contributed by atoms with van der Waals surface area (Å²) in [4.78, 5) is 39.2. The van der Waals surface area contributed by atoms with Gasteiger partial charge in [0.1, 0.15) is 0 Å². The lowest BCUT2D eigenvalue weighted by molar-refractivity contribution is -0.130. The smallest absolute Gasteiger partial charge is 0.232 e. The van der Waals surface area contributed by atoms with Crippen LogP contribution < -0.4 is 5.32 Å². The summed E-state index contributed by atoms with van der Waals surface area (Å²) < 4.78 is 0. The van der Waals surface area contributed by atoms with Crippen molar-refractivity contribution in [1.29, 1.82) is 0 Å². The molecule has 0 saturated heterocycles. The van der Waals surface area contributed by atoms with Gasteiger partial charge in [0.2, 0.25) is 5.91 Å². The lowest BCUT2D eigenvalue weighted by atomic mass is 9.64. The van der Waals surface area contributed by atoms with Gasteiger partial charge >= 0.3 is 0 Å². The summed E-state index contributed by atoms with van der Waals surface area (Å²) >= 11 is 9.70. The first-order chi connectivity index (χ1) is 14.1. The number of anilines is 1. The number of Topliss-reactive ketones (excluding diaryl/α,β-unsaturated/α-hetero) is 1. The summed E-state index contributed by atoms with van der Waals surface area (Å²) in [6.45, 7) is 5.95. The van der Waals surface area contributed by atoms with Crippen LogP contribution in [-0.2, 0) is 9.59 Å². The van der Waals surface area contributed by atoms with E-state index in [1.807, 2.05) is 26.8 Å². The van der Waals surface area contributed by atoms with Crippen molar-refractivity contribution < 1.29 is 14.4 Å². The van der Waals surface area contributed by atoms with Crippen LogP contribution in [0.25, 0.3) is 0 Å². The Bertz CT molecular complexity index is 1070. The van der Waals surface area contributed by atoms with Crippen molar-refractivity contribution in [2.24, 2.45) is 16.2 Å². The molecule has 156 valence electrons. The van der Waals surface area contributed by atoms with Gasteiger partial charge in [0, 0.05) is 21.6 Å². The molecule has 30 heavy (non-hydrogen) atoms. The maximum Gasteiger partial charge on any atom is 0.232 e. The highest BCUT2D eigenvalue weighted by Gasteiger charge is 2.76. The number of carbonyl (C=O) groups is 3. The summed E-state index contributed by atoms with van der Waals surface area (Å²) in [5.74, 6) is -0.390. The van der Waals surface area contributed by atoms with Crippen molar-refractivity contribution in [3.05, 3.63) is 64.7 Å². The van der Waals surface area contributed by atoms with Gasteiger partial charge in [0.15, 0.2) is 11.6 Å². The Morgan fingerprint density at radius 2 is 1.73 bits per heavy atom. The summed E-state index contributed by atoms with van der Waals surface area (Å²) in [7, 11) is 0. The number of ketones is 2. The van der Waals surface area contributed by atoms with Crippen molar-refractivity contribution >= 4 is 50.7 Å². The molecule has 2 bridgehead atoms. The molecule has 2 aliphatic carbocycles. The Kier molecular flexibility index (Phi) is 4.98. The average Bonchev–Trinajstić information content (AvgIpc) is 3.00. The molecule has 2 aliphatic rings. The lowest BCUT2D eigenvalue weighted by Gasteiger charge is -2.39. The zero-order valence-electron chi connectivity index (χ0n) is 17.1. The van der Waals surface area contributed by atoms with Gasteiger partial charge in [0.25, 0.3) is 0 Å². The van der Waals surface area contributed by atoms with E-state index >= 15 is 0 Å². The highest BCUT2D eigenvalue weighted by Crippen LogP contribution is 2.72. The number of carbonyl (C=O) groups excluding carboxylic acids is 3. The molecule has 2 aromatic rings. The number of hydrogen-bond acceptors (Lipinski definition) is 3. The lowest BCUT2D eigenvalue weighted by Crippen LogP contribution is -2.48. The van der Waals surface area contributed by atoms with Gasteiger partial charge in [-0.3, -0.25) is 14.4 Å². The molecule has 1 amide bonds. The van der Waals surface area contributed by atoms with Crippen LogP contribution >= 0.6 is 27.5 Å². The van der Waals surface area contributed by atoms with Gasteiger partial charge in [0.05, 0.1) is 15.9 Å². The number of halogens is 2. The number of fused-ring (bicyclic) bond motifs is 2. The van der Waals surface area contributed by atoms with Crippen LogP contribution in [0.2, 0.25) is 5.02 Å². The van der Waals surface area contributed by atoms with Gasteiger partial charge in [-0.2, -0.15) is 0 Å². The van der Waals surface area contributed by atoms with Gasteiger partial charge in [-0.1, -0.05) is 78.6 Å². The third-order valence-electron chi connectivity index (χ3n) is 7.64. The Morgan fingerprint density at radius 3 is 2.33 bits per heavy atom. The zero-order chi connectivity index (χ0) is 21.9. The largest absolute Gasteiger partial charge is 0.325 e. The second-order valence-corrected chi connectivity index (χ2v) is 10.3. The number of hydrogen-bond donors (Lipinski definition) is 1. The maximum absolute atomic E-state index is 13.7. The second-order valence-electron chi connectivity index (χ2n) is 8.99. The van der Waals surface area contributed by atoms with Crippen molar-refractivity contribution in [2.75, 3.05) is 5.32 Å². The average molecular weight is 489 g/mol. The normalized spacial score (nSPS) is 29.1. The number of amides is 1. The highest BCUT2D eigenvalue weighted by molar-refractivity contribution is 9.10. The molecular weight excluding hydrogens is 466 g/mol. The van der Waals surface area contributed by atoms with E-state index in [1.165, 1.54) is 0 Å². The first-order valence-electron chi connectivity index (χ1n) is 9.95. The van der Waals surface area contributed by atoms with E-state index < -0.39 is 21.1 Å². The molecule has 3 atom stereocenters. The molecule has 0 heterocycles. The van der Waals surface area contributed by atoms with Gasteiger partial charge < -0.3 is 5.32 Å². The monoisotopic (exact) mass is 487 g/mol. The number of nitrogens with one attached hydrogen (secondary N) is 1. The molecule has 0 unspecified atom stereocenters. The quantitative estimate of drug-likeness (QED) is 0.445. The number of alkyl halides is 1. The van der Waals surface area contributed by atoms with Crippen molar-refractivity contribution in [3.63, 3.8) is 0 Å². The van der Waals surface area contributed by atoms with Crippen molar-refractivity contribution in [2.45, 2.75) is 38.4 Å². The fourth-order valence-corrected chi connectivity index (χ4v) is 6.93. The molecule has 2 fully saturated rings. The van der Waals surface area contributed by atoms with Crippen molar-refractivity contribution in [1.82, 2.24) is 0 Å². The van der Waals surface area contributed by atoms with E-state index in [0.717, 1.165) is 0 Å². The summed E-state index contributed by atoms with van der Waals surface area (Å²) in [6.07, 6.45) is 1.28. The Morgan fingerprint density at radius 1 is 1.07 bits per heavy atom. The van der Waals surface area contributed by atoms with E-state index in [1.54, 1.807) is 42.5 Å². The van der Waals surface area contributed by atoms with Crippen LogP contribution in [-0.4, -0.2) is 22.3 Å². The SMILES string of the molecule is CC1(C)[C@]2(C)CC[C@@]1(C(=O)Nc1ccc(Cl)cc1C(=O)c1ccccc1)[C@H](Br)C2=O. The van der Waals surface area contributed by atoms with Crippen LogP contribution in [0.3, 0.4) is 0 Å². The van der Waals surface area contributed by atoms with E-state index in [2.05, 4.69) is 21.2 Å². The molecule has 4 nitrogen and oxygen atoms in total. The standard InChI is InChI=1S/C24H23BrClNO3/c1-22(2)23(3)11-12-24(22,19(25)20(23)29)21(30)27-17-10-9-15(26)13-16(17)18(28)14-7-5-4-6-8-14/h4-10,13,19H,11-12H2,1-3H3,(H,27,30)/t19-,23-,24+/m1/s1. The predicted molar refractivity (Wildman–Crippen MR) is 121 cm³/mol. The van der Waals surface area contributed by atoms with Crippen LogP contribution in [0.15, 0.2) is 48.5 Å².